The van der Waals surface area contributed by atoms with Crippen LogP contribution in [0.25, 0.3) is 0 Å². The van der Waals surface area contributed by atoms with Crippen LogP contribution in [0, 0.1) is 0 Å². The average molecular weight is 271 g/mol. The highest BCUT2D eigenvalue weighted by Crippen LogP contribution is 2.28. The Morgan fingerprint density at radius 3 is 2.83 bits per heavy atom. The Morgan fingerprint density at radius 1 is 1.50 bits per heavy atom. The molecule has 1 aromatic heterocycles. The van der Waals surface area contributed by atoms with E-state index in [4.69, 9.17) is 9.84 Å². The van der Waals surface area contributed by atoms with Crippen molar-refractivity contribution in [2.75, 3.05) is 19.0 Å². The van der Waals surface area contributed by atoms with Crippen LogP contribution in [0.2, 0.25) is 0 Å². The van der Waals surface area contributed by atoms with Crippen LogP contribution in [0.15, 0.2) is 5.16 Å². The molecule has 2 heterocycles. The van der Waals surface area contributed by atoms with Gasteiger partial charge < -0.3 is 14.4 Å². The van der Waals surface area contributed by atoms with Crippen LogP contribution in [0.3, 0.4) is 0 Å². The molecule has 0 atom stereocenters. The maximum atomic E-state index is 10.6. The Labute approximate surface area is 110 Å². The number of aliphatic carboxylic acids is 1. The van der Waals surface area contributed by atoms with E-state index in [9.17, 15) is 4.79 Å². The zero-order valence-corrected chi connectivity index (χ0v) is 11.2. The quantitative estimate of drug-likeness (QED) is 0.815. The Bertz CT molecular complexity index is 416. The Kier molecular flexibility index (Phi) is 4.60. The molecule has 0 unspecified atom stereocenters. The fourth-order valence-electron chi connectivity index (χ4n) is 2.08. The highest BCUT2D eigenvalue weighted by Gasteiger charge is 2.22. The number of carbonyl (C=O) groups is 1. The monoisotopic (exact) mass is 271 g/mol. The number of hydrogen-bond acceptors (Lipinski definition) is 5. The minimum Gasteiger partial charge on any atom is -0.481 e. The summed E-state index contributed by atoms with van der Waals surface area (Å²) in [6.45, 7) is 3.52. The zero-order chi connectivity index (χ0) is 13.0. The molecule has 0 radical (unpaired) electrons. The molecule has 0 aliphatic carbocycles. The second kappa shape index (κ2) is 6.19. The molecular weight excluding hydrogens is 254 g/mol. The third kappa shape index (κ3) is 3.02. The molecule has 7 heteroatoms. The van der Waals surface area contributed by atoms with Gasteiger partial charge in [0.1, 0.15) is 5.82 Å². The van der Waals surface area contributed by atoms with E-state index >= 15 is 0 Å². The van der Waals surface area contributed by atoms with Gasteiger partial charge in [-0.15, -0.1) is 10.2 Å². The van der Waals surface area contributed by atoms with Crippen LogP contribution in [0.5, 0.6) is 0 Å². The molecule has 1 aliphatic heterocycles. The highest BCUT2D eigenvalue weighted by molar-refractivity contribution is 7.99. The number of rotatable bonds is 5. The van der Waals surface area contributed by atoms with Crippen molar-refractivity contribution in [3.05, 3.63) is 5.82 Å². The molecular formula is C11H17N3O3S. The lowest BCUT2D eigenvalue weighted by Crippen LogP contribution is -2.22. The largest absolute Gasteiger partial charge is 0.481 e. The lowest BCUT2D eigenvalue weighted by Gasteiger charge is -2.25. The Balaban J connectivity index is 2.18. The molecule has 6 nitrogen and oxygen atoms in total. The first-order valence-corrected chi connectivity index (χ1v) is 7.07. The van der Waals surface area contributed by atoms with E-state index < -0.39 is 5.97 Å². The smallest absolute Gasteiger partial charge is 0.313 e. The fraction of sp³-hybridized carbons (Fsp3) is 0.727. The highest BCUT2D eigenvalue weighted by atomic mass is 32.2. The predicted octanol–water partition coefficient (Wildman–Crippen LogP) is 1.37. The van der Waals surface area contributed by atoms with E-state index in [-0.39, 0.29) is 5.75 Å². The number of thioether (sulfide) groups is 1. The van der Waals surface area contributed by atoms with E-state index in [2.05, 4.69) is 14.8 Å². The van der Waals surface area contributed by atoms with Gasteiger partial charge in [0.25, 0.3) is 0 Å². The molecule has 0 aromatic carbocycles. The van der Waals surface area contributed by atoms with Gasteiger partial charge in [-0.1, -0.05) is 18.7 Å². The summed E-state index contributed by atoms with van der Waals surface area (Å²) >= 11 is 1.23. The van der Waals surface area contributed by atoms with Crippen molar-refractivity contribution >= 4 is 17.7 Å². The molecule has 0 bridgehead atoms. The van der Waals surface area contributed by atoms with Crippen LogP contribution >= 0.6 is 11.8 Å². The van der Waals surface area contributed by atoms with Gasteiger partial charge in [-0.25, -0.2) is 0 Å². The Hall–Kier alpha value is -1.08. The van der Waals surface area contributed by atoms with E-state index in [1.54, 1.807) is 0 Å². The number of nitrogens with zero attached hydrogens (tertiary/aromatic N) is 3. The van der Waals surface area contributed by atoms with Gasteiger partial charge in [0, 0.05) is 25.7 Å². The number of carboxylic acid groups (broad SMARTS) is 1. The second-order valence-corrected chi connectivity index (χ2v) is 5.09. The lowest BCUT2D eigenvalue weighted by atomic mass is 10.1. The van der Waals surface area contributed by atoms with E-state index in [0.717, 1.165) is 38.3 Å². The number of hydrogen-bond donors (Lipinski definition) is 1. The van der Waals surface area contributed by atoms with Gasteiger partial charge in [-0.3, -0.25) is 4.79 Å². The summed E-state index contributed by atoms with van der Waals surface area (Å²) in [5, 5.41) is 17.7. The van der Waals surface area contributed by atoms with E-state index in [0.29, 0.717) is 11.2 Å². The van der Waals surface area contributed by atoms with E-state index in [1.165, 1.54) is 11.8 Å². The van der Waals surface area contributed by atoms with Crippen molar-refractivity contribution in [2.24, 2.45) is 0 Å². The van der Waals surface area contributed by atoms with Crippen LogP contribution in [-0.4, -0.2) is 44.8 Å². The summed E-state index contributed by atoms with van der Waals surface area (Å²) in [5.41, 5.74) is 0. The van der Waals surface area contributed by atoms with Gasteiger partial charge in [-0.2, -0.15) is 0 Å². The first-order valence-electron chi connectivity index (χ1n) is 6.08. The zero-order valence-electron chi connectivity index (χ0n) is 10.3. The molecule has 100 valence electrons. The summed E-state index contributed by atoms with van der Waals surface area (Å²) in [6.07, 6.45) is 2.68. The van der Waals surface area contributed by atoms with Crippen molar-refractivity contribution in [1.82, 2.24) is 14.8 Å². The van der Waals surface area contributed by atoms with Crippen molar-refractivity contribution in [2.45, 2.75) is 37.4 Å². The third-order valence-electron chi connectivity index (χ3n) is 2.93. The summed E-state index contributed by atoms with van der Waals surface area (Å²) in [4.78, 5) is 10.6. The minimum atomic E-state index is -0.834. The van der Waals surface area contributed by atoms with Crippen molar-refractivity contribution in [3.63, 3.8) is 0 Å². The van der Waals surface area contributed by atoms with Crippen LogP contribution in [-0.2, 0) is 16.0 Å². The third-order valence-corrected chi connectivity index (χ3v) is 3.86. The van der Waals surface area contributed by atoms with Crippen LogP contribution < -0.4 is 0 Å². The maximum absolute atomic E-state index is 10.6. The molecule has 0 amide bonds. The molecule has 18 heavy (non-hydrogen) atoms. The topological polar surface area (TPSA) is 77.2 Å². The van der Waals surface area contributed by atoms with Crippen molar-refractivity contribution < 1.29 is 14.6 Å². The maximum Gasteiger partial charge on any atom is 0.313 e. The normalized spacial score (nSPS) is 16.9. The SMILES string of the molecule is CCc1nnc(SCC(=O)O)n1C1CCOCC1. The second-order valence-electron chi connectivity index (χ2n) is 4.15. The number of carboxylic acids is 1. The molecule has 1 aromatic rings. The number of ether oxygens (including phenoxy) is 1. The summed E-state index contributed by atoms with van der Waals surface area (Å²) in [7, 11) is 0. The summed E-state index contributed by atoms with van der Waals surface area (Å²) < 4.78 is 7.45. The van der Waals surface area contributed by atoms with Gasteiger partial charge in [0.15, 0.2) is 5.16 Å². The van der Waals surface area contributed by atoms with Crippen molar-refractivity contribution in [3.8, 4) is 0 Å². The lowest BCUT2D eigenvalue weighted by molar-refractivity contribution is -0.133. The van der Waals surface area contributed by atoms with Crippen LogP contribution in [0.4, 0.5) is 0 Å². The summed E-state index contributed by atoms with van der Waals surface area (Å²) in [5.74, 6) is 0.111. The first kappa shape index (κ1) is 13.4. The number of aromatic nitrogens is 3. The molecule has 0 spiro atoms. The molecule has 1 N–H and O–H groups in total. The predicted molar refractivity (Wildman–Crippen MR) is 66.8 cm³/mol. The van der Waals surface area contributed by atoms with Gasteiger partial charge >= 0.3 is 5.97 Å². The molecule has 0 saturated carbocycles. The van der Waals surface area contributed by atoms with Gasteiger partial charge in [0.05, 0.1) is 5.75 Å². The average Bonchev–Trinajstić information content (AvgIpc) is 2.80. The van der Waals surface area contributed by atoms with Crippen molar-refractivity contribution in [1.29, 1.82) is 0 Å². The van der Waals surface area contributed by atoms with Gasteiger partial charge in [-0.05, 0) is 12.8 Å². The summed E-state index contributed by atoms with van der Waals surface area (Å²) in [6, 6.07) is 0.333. The molecule has 1 aliphatic rings. The number of aryl methyl sites for hydroxylation is 1. The fourth-order valence-corrected chi connectivity index (χ4v) is 2.83. The van der Waals surface area contributed by atoms with Gasteiger partial charge in [0.2, 0.25) is 0 Å². The van der Waals surface area contributed by atoms with Crippen LogP contribution in [0.1, 0.15) is 31.6 Å². The van der Waals surface area contributed by atoms with E-state index in [1.807, 2.05) is 6.92 Å². The molecule has 2 rings (SSSR count). The molecule has 1 fully saturated rings. The first-order chi connectivity index (χ1) is 8.72. The minimum absolute atomic E-state index is 0.0189. The Morgan fingerprint density at radius 2 is 2.22 bits per heavy atom. The molecule has 1 saturated heterocycles. The standard InChI is InChI=1S/C11H17N3O3S/c1-2-9-12-13-11(18-7-10(15)16)14(9)8-3-5-17-6-4-8/h8H,2-7H2,1H3,(H,15,16).